The SMILES string of the molecule is CCC(N)C1CCCCN(C(=O)OC(C)(C)C)C1. The predicted octanol–water partition coefficient (Wildman–Crippen LogP) is 2.76. The number of carbonyl (C=O) groups is 1. The van der Waals surface area contributed by atoms with Crippen LogP contribution >= 0.6 is 0 Å². The number of nitrogens with two attached hydrogens (primary N) is 1. The molecule has 4 heteroatoms. The van der Waals surface area contributed by atoms with Crippen molar-refractivity contribution in [2.24, 2.45) is 11.7 Å². The number of likely N-dealkylation sites (tertiary alicyclic amines) is 1. The zero-order chi connectivity index (χ0) is 13.8. The minimum Gasteiger partial charge on any atom is -0.444 e. The Kier molecular flexibility index (Phi) is 5.45. The molecule has 1 amide bonds. The van der Waals surface area contributed by atoms with Gasteiger partial charge in [-0.25, -0.2) is 4.79 Å². The van der Waals surface area contributed by atoms with Gasteiger partial charge in [0.1, 0.15) is 5.60 Å². The van der Waals surface area contributed by atoms with Crippen LogP contribution in [0.2, 0.25) is 0 Å². The zero-order valence-electron chi connectivity index (χ0n) is 12.2. The van der Waals surface area contributed by atoms with E-state index in [2.05, 4.69) is 6.92 Å². The summed E-state index contributed by atoms with van der Waals surface area (Å²) >= 11 is 0. The maximum atomic E-state index is 12.1. The van der Waals surface area contributed by atoms with Crippen LogP contribution in [0.3, 0.4) is 0 Å². The molecular weight excluding hydrogens is 228 g/mol. The molecular formula is C14H28N2O2. The predicted molar refractivity (Wildman–Crippen MR) is 73.4 cm³/mol. The first-order chi connectivity index (χ1) is 8.33. The van der Waals surface area contributed by atoms with Crippen LogP contribution in [0.15, 0.2) is 0 Å². The van der Waals surface area contributed by atoms with E-state index >= 15 is 0 Å². The Balaban J connectivity index is 2.61. The Labute approximate surface area is 111 Å². The molecule has 1 aliphatic rings. The molecule has 0 bridgehead atoms. The smallest absolute Gasteiger partial charge is 0.410 e. The van der Waals surface area contributed by atoms with Crippen LogP contribution in [0.1, 0.15) is 53.4 Å². The summed E-state index contributed by atoms with van der Waals surface area (Å²) in [5.41, 5.74) is 5.70. The van der Waals surface area contributed by atoms with Gasteiger partial charge in [-0.2, -0.15) is 0 Å². The molecule has 1 rings (SSSR count). The van der Waals surface area contributed by atoms with Crippen LogP contribution in [-0.4, -0.2) is 35.7 Å². The molecule has 1 heterocycles. The van der Waals surface area contributed by atoms with Crippen LogP contribution < -0.4 is 5.73 Å². The topological polar surface area (TPSA) is 55.6 Å². The summed E-state index contributed by atoms with van der Waals surface area (Å²) in [5.74, 6) is 0.407. The van der Waals surface area contributed by atoms with Gasteiger partial charge in [0.05, 0.1) is 0 Å². The highest BCUT2D eigenvalue weighted by Gasteiger charge is 2.28. The largest absolute Gasteiger partial charge is 0.444 e. The summed E-state index contributed by atoms with van der Waals surface area (Å²) < 4.78 is 5.44. The van der Waals surface area contributed by atoms with Crippen molar-refractivity contribution in [3.63, 3.8) is 0 Å². The molecule has 18 heavy (non-hydrogen) atoms. The average molecular weight is 256 g/mol. The second-order valence-corrected chi connectivity index (χ2v) is 6.25. The van der Waals surface area contributed by atoms with E-state index < -0.39 is 5.60 Å². The molecule has 106 valence electrons. The standard InChI is InChI=1S/C14H28N2O2/c1-5-12(15)11-8-6-7-9-16(10-11)13(17)18-14(2,3)4/h11-12H,5-10,15H2,1-4H3. The molecule has 0 spiro atoms. The lowest BCUT2D eigenvalue weighted by Gasteiger charge is -2.30. The summed E-state index contributed by atoms with van der Waals surface area (Å²) in [7, 11) is 0. The number of hydrogen-bond donors (Lipinski definition) is 1. The van der Waals surface area contributed by atoms with Gasteiger partial charge >= 0.3 is 6.09 Å². The minimum absolute atomic E-state index is 0.188. The molecule has 1 aliphatic heterocycles. The molecule has 2 atom stereocenters. The Hall–Kier alpha value is -0.770. The number of nitrogens with zero attached hydrogens (tertiary/aromatic N) is 1. The van der Waals surface area contributed by atoms with Gasteiger partial charge in [0.15, 0.2) is 0 Å². The fourth-order valence-corrected chi connectivity index (χ4v) is 2.35. The quantitative estimate of drug-likeness (QED) is 0.826. The van der Waals surface area contributed by atoms with Crippen LogP contribution in [0.5, 0.6) is 0 Å². The van der Waals surface area contributed by atoms with E-state index in [4.69, 9.17) is 10.5 Å². The normalized spacial score (nSPS) is 23.4. The van der Waals surface area contributed by atoms with E-state index in [-0.39, 0.29) is 12.1 Å². The summed E-state index contributed by atoms with van der Waals surface area (Å²) in [6, 6.07) is 0.188. The molecule has 0 radical (unpaired) electrons. The van der Waals surface area contributed by atoms with Crippen molar-refractivity contribution in [2.45, 2.75) is 65.0 Å². The van der Waals surface area contributed by atoms with Crippen molar-refractivity contribution in [1.29, 1.82) is 0 Å². The lowest BCUT2D eigenvalue weighted by molar-refractivity contribution is 0.0228. The third-order valence-corrected chi connectivity index (χ3v) is 3.44. The highest BCUT2D eigenvalue weighted by atomic mass is 16.6. The molecule has 1 fully saturated rings. The fourth-order valence-electron chi connectivity index (χ4n) is 2.35. The Morgan fingerprint density at radius 1 is 1.44 bits per heavy atom. The van der Waals surface area contributed by atoms with Crippen molar-refractivity contribution in [3.8, 4) is 0 Å². The van der Waals surface area contributed by atoms with E-state index in [1.165, 1.54) is 0 Å². The first-order valence-electron chi connectivity index (χ1n) is 7.07. The van der Waals surface area contributed by atoms with E-state index in [0.29, 0.717) is 5.92 Å². The van der Waals surface area contributed by atoms with Gasteiger partial charge in [0, 0.05) is 19.1 Å². The summed E-state index contributed by atoms with van der Waals surface area (Å²) in [6.07, 6.45) is 4.09. The van der Waals surface area contributed by atoms with E-state index in [9.17, 15) is 4.79 Å². The van der Waals surface area contributed by atoms with Crippen LogP contribution in [0.4, 0.5) is 4.79 Å². The van der Waals surface area contributed by atoms with Crippen molar-refractivity contribution in [2.75, 3.05) is 13.1 Å². The number of carbonyl (C=O) groups excluding carboxylic acids is 1. The maximum absolute atomic E-state index is 12.1. The molecule has 0 aromatic heterocycles. The Bertz CT molecular complexity index is 273. The molecule has 1 saturated heterocycles. The third kappa shape index (κ3) is 4.84. The molecule has 4 nitrogen and oxygen atoms in total. The fraction of sp³-hybridized carbons (Fsp3) is 0.929. The van der Waals surface area contributed by atoms with E-state index in [0.717, 1.165) is 38.8 Å². The van der Waals surface area contributed by atoms with E-state index in [1.807, 2.05) is 25.7 Å². The monoisotopic (exact) mass is 256 g/mol. The molecule has 2 N–H and O–H groups in total. The second-order valence-electron chi connectivity index (χ2n) is 6.25. The Morgan fingerprint density at radius 3 is 2.67 bits per heavy atom. The average Bonchev–Trinajstić information content (AvgIpc) is 2.51. The molecule has 0 aliphatic carbocycles. The number of ether oxygens (including phenoxy) is 1. The van der Waals surface area contributed by atoms with Crippen LogP contribution in [-0.2, 0) is 4.74 Å². The first-order valence-corrected chi connectivity index (χ1v) is 7.07. The molecule has 2 unspecified atom stereocenters. The lowest BCUT2D eigenvalue weighted by atomic mass is 9.93. The van der Waals surface area contributed by atoms with Gasteiger partial charge in [0.25, 0.3) is 0 Å². The molecule has 0 aromatic carbocycles. The first kappa shape index (κ1) is 15.3. The molecule has 0 aromatic rings. The maximum Gasteiger partial charge on any atom is 0.410 e. The van der Waals surface area contributed by atoms with Gasteiger partial charge in [0.2, 0.25) is 0 Å². The highest BCUT2D eigenvalue weighted by molar-refractivity contribution is 5.68. The highest BCUT2D eigenvalue weighted by Crippen LogP contribution is 2.21. The zero-order valence-corrected chi connectivity index (χ0v) is 12.2. The second kappa shape index (κ2) is 6.41. The van der Waals surface area contributed by atoms with E-state index in [1.54, 1.807) is 0 Å². The van der Waals surface area contributed by atoms with Gasteiger partial charge < -0.3 is 15.4 Å². The number of rotatable bonds is 2. The summed E-state index contributed by atoms with van der Waals surface area (Å²) in [6.45, 7) is 9.34. The minimum atomic E-state index is -0.425. The van der Waals surface area contributed by atoms with Gasteiger partial charge in [-0.05, 0) is 46.0 Å². The van der Waals surface area contributed by atoms with Gasteiger partial charge in [-0.3, -0.25) is 0 Å². The summed E-state index contributed by atoms with van der Waals surface area (Å²) in [5, 5.41) is 0. The number of amides is 1. The van der Waals surface area contributed by atoms with Gasteiger partial charge in [-0.15, -0.1) is 0 Å². The van der Waals surface area contributed by atoms with Crippen molar-refractivity contribution < 1.29 is 9.53 Å². The van der Waals surface area contributed by atoms with Crippen molar-refractivity contribution in [1.82, 2.24) is 4.90 Å². The lowest BCUT2D eigenvalue weighted by Crippen LogP contribution is -2.42. The third-order valence-electron chi connectivity index (χ3n) is 3.44. The van der Waals surface area contributed by atoms with Crippen LogP contribution in [0, 0.1) is 5.92 Å². The van der Waals surface area contributed by atoms with Crippen molar-refractivity contribution >= 4 is 6.09 Å². The van der Waals surface area contributed by atoms with Crippen LogP contribution in [0.25, 0.3) is 0 Å². The molecule has 0 saturated carbocycles. The summed E-state index contributed by atoms with van der Waals surface area (Å²) in [4.78, 5) is 13.9. The van der Waals surface area contributed by atoms with Crippen molar-refractivity contribution in [3.05, 3.63) is 0 Å². The van der Waals surface area contributed by atoms with Gasteiger partial charge in [-0.1, -0.05) is 13.3 Å². The number of hydrogen-bond acceptors (Lipinski definition) is 3. The Morgan fingerprint density at radius 2 is 2.11 bits per heavy atom.